The molecule has 5 amide bonds. The van der Waals surface area contributed by atoms with E-state index in [0.717, 1.165) is 19.3 Å². The van der Waals surface area contributed by atoms with Gasteiger partial charge in [0, 0.05) is 6.54 Å². The van der Waals surface area contributed by atoms with Crippen LogP contribution in [0.3, 0.4) is 0 Å². The molecule has 12 heteroatoms. The number of ketones is 1. The highest BCUT2D eigenvalue weighted by Crippen LogP contribution is 2.34. The molecule has 10 nitrogen and oxygen atoms in total. The van der Waals surface area contributed by atoms with Crippen LogP contribution in [0.1, 0.15) is 66.7 Å². The molecule has 1 heterocycles. The van der Waals surface area contributed by atoms with Gasteiger partial charge < -0.3 is 25.7 Å². The smallest absolute Gasteiger partial charge is 0.318 e. The average Bonchev–Trinajstić information content (AvgIpc) is 3.22. The number of amides is 5. The molecule has 1 aliphatic carbocycles. The number of nitrogens with zero attached hydrogens (tertiary/aromatic N) is 1. The van der Waals surface area contributed by atoms with Crippen LogP contribution in [0.25, 0.3) is 0 Å². The topological polar surface area (TPSA) is 137 Å². The van der Waals surface area contributed by atoms with Gasteiger partial charge in [0.2, 0.25) is 17.6 Å². The zero-order valence-electron chi connectivity index (χ0n) is 21.3. The monoisotopic (exact) mass is 529 g/mol. The lowest BCUT2D eigenvalue weighted by atomic mass is 9.80. The third kappa shape index (κ3) is 7.36. The minimum Gasteiger partial charge on any atom is -0.344 e. The maximum atomic E-state index is 13.7. The van der Waals surface area contributed by atoms with E-state index in [1.54, 1.807) is 0 Å². The molecule has 1 aliphatic heterocycles. The van der Waals surface area contributed by atoms with E-state index in [1.165, 1.54) is 4.90 Å². The summed E-state index contributed by atoms with van der Waals surface area (Å²) in [5.74, 6) is -1.99. The highest BCUT2D eigenvalue weighted by atomic mass is 31.0. The fraction of sp³-hybridized carbons (Fsp3) is 0.783. The van der Waals surface area contributed by atoms with Crippen molar-refractivity contribution in [1.82, 2.24) is 25.7 Å². The maximum Gasteiger partial charge on any atom is 0.318 e. The van der Waals surface area contributed by atoms with Crippen molar-refractivity contribution in [2.45, 2.75) is 84.8 Å². The van der Waals surface area contributed by atoms with Gasteiger partial charge in [-0.1, -0.05) is 53.9 Å². The van der Waals surface area contributed by atoms with E-state index in [0.29, 0.717) is 19.4 Å². The Morgan fingerprint density at radius 3 is 2.06 bits per heavy atom. The molecular formula is C23H41N5O5P2. The number of hydrogen-bond donors (Lipinski definition) is 4. The number of urea groups is 1. The largest absolute Gasteiger partial charge is 0.344 e. The SMILES string of the molecule is CC(C)[C@H]1CCN(C(=O)[C@@H](NC(=O)NP)C(C)(C)C)C1C(=O)NC(CC1CCC1)C(=O)C(=O)NP. The van der Waals surface area contributed by atoms with Crippen LogP contribution in [0.15, 0.2) is 0 Å². The van der Waals surface area contributed by atoms with Crippen molar-refractivity contribution in [3.05, 3.63) is 0 Å². The van der Waals surface area contributed by atoms with Gasteiger partial charge in [0.15, 0.2) is 0 Å². The minimum absolute atomic E-state index is 0.107. The summed E-state index contributed by atoms with van der Waals surface area (Å²) < 4.78 is 0. The molecule has 4 unspecified atom stereocenters. The molecule has 0 aromatic carbocycles. The van der Waals surface area contributed by atoms with Crippen LogP contribution in [0.5, 0.6) is 0 Å². The van der Waals surface area contributed by atoms with Gasteiger partial charge in [-0.2, -0.15) is 0 Å². The van der Waals surface area contributed by atoms with Crippen LogP contribution in [0.2, 0.25) is 0 Å². The first-order valence-electron chi connectivity index (χ1n) is 12.2. The van der Waals surface area contributed by atoms with Gasteiger partial charge in [0.1, 0.15) is 12.1 Å². The molecule has 0 bridgehead atoms. The van der Waals surface area contributed by atoms with Gasteiger partial charge in [-0.15, -0.1) is 0 Å². The molecule has 35 heavy (non-hydrogen) atoms. The summed E-state index contributed by atoms with van der Waals surface area (Å²) in [5.41, 5.74) is -0.606. The van der Waals surface area contributed by atoms with E-state index >= 15 is 0 Å². The van der Waals surface area contributed by atoms with E-state index in [-0.39, 0.29) is 23.7 Å². The fourth-order valence-corrected chi connectivity index (χ4v) is 5.09. The van der Waals surface area contributed by atoms with Gasteiger partial charge >= 0.3 is 6.03 Å². The number of Topliss-reactive ketones (excluding diaryl/α,β-unsaturated/α-hetero) is 1. The molecule has 0 radical (unpaired) electrons. The number of nitrogens with one attached hydrogen (secondary N) is 4. The Labute approximate surface area is 212 Å². The Balaban J connectivity index is 2.32. The normalized spacial score (nSPS) is 22.1. The molecule has 2 fully saturated rings. The van der Waals surface area contributed by atoms with Crippen molar-refractivity contribution < 1.29 is 24.0 Å². The lowest BCUT2D eigenvalue weighted by Gasteiger charge is -2.37. The van der Waals surface area contributed by atoms with Crippen molar-refractivity contribution in [3.63, 3.8) is 0 Å². The molecule has 198 valence electrons. The minimum atomic E-state index is -0.946. The first-order valence-corrected chi connectivity index (χ1v) is 13.4. The molecule has 0 aromatic heterocycles. The maximum absolute atomic E-state index is 13.7. The summed E-state index contributed by atoms with van der Waals surface area (Å²) >= 11 is 0. The molecule has 2 aliphatic rings. The van der Waals surface area contributed by atoms with E-state index < -0.39 is 47.2 Å². The zero-order chi connectivity index (χ0) is 26.5. The lowest BCUT2D eigenvalue weighted by molar-refractivity contribution is -0.144. The first kappa shape index (κ1) is 29.4. The number of rotatable bonds is 9. The predicted molar refractivity (Wildman–Crippen MR) is 140 cm³/mol. The van der Waals surface area contributed by atoms with Crippen LogP contribution in [0, 0.1) is 23.2 Å². The van der Waals surface area contributed by atoms with E-state index in [9.17, 15) is 24.0 Å². The van der Waals surface area contributed by atoms with Crippen LogP contribution in [-0.4, -0.2) is 59.1 Å². The van der Waals surface area contributed by atoms with Gasteiger partial charge in [-0.25, -0.2) is 4.79 Å². The van der Waals surface area contributed by atoms with Gasteiger partial charge in [-0.05, 0) is 54.8 Å². The Hall–Kier alpha value is -1.79. The lowest BCUT2D eigenvalue weighted by Crippen LogP contribution is -2.60. The quantitative estimate of drug-likeness (QED) is 0.265. The van der Waals surface area contributed by atoms with Crippen LogP contribution < -0.4 is 20.8 Å². The molecule has 1 saturated carbocycles. The van der Waals surface area contributed by atoms with Gasteiger partial charge in [-0.3, -0.25) is 19.2 Å². The van der Waals surface area contributed by atoms with Crippen LogP contribution >= 0.6 is 18.8 Å². The Morgan fingerprint density at radius 1 is 0.971 bits per heavy atom. The second-order valence-electron chi connectivity index (χ2n) is 11.0. The molecule has 2 rings (SSSR count). The van der Waals surface area contributed by atoms with E-state index in [1.807, 2.05) is 44.0 Å². The molecule has 1 saturated heterocycles. The van der Waals surface area contributed by atoms with Crippen molar-refractivity contribution in [3.8, 4) is 0 Å². The molecule has 4 N–H and O–H groups in total. The molecular weight excluding hydrogens is 488 g/mol. The van der Waals surface area contributed by atoms with Crippen molar-refractivity contribution >= 4 is 48.3 Å². The molecule has 0 spiro atoms. The number of carbonyl (C=O) groups excluding carboxylic acids is 5. The molecule has 0 aromatic rings. The van der Waals surface area contributed by atoms with E-state index in [4.69, 9.17) is 0 Å². The summed E-state index contributed by atoms with van der Waals surface area (Å²) in [4.78, 5) is 65.7. The van der Waals surface area contributed by atoms with Crippen LogP contribution in [-0.2, 0) is 19.2 Å². The summed E-state index contributed by atoms with van der Waals surface area (Å²) in [5, 5.41) is 10.2. The summed E-state index contributed by atoms with van der Waals surface area (Å²) in [6.45, 7) is 9.90. The molecule has 6 atom stereocenters. The Bertz CT molecular complexity index is 828. The number of hydrogen-bond acceptors (Lipinski definition) is 5. The van der Waals surface area contributed by atoms with Crippen molar-refractivity contribution in [2.75, 3.05) is 6.54 Å². The third-order valence-corrected chi connectivity index (χ3v) is 7.68. The fourth-order valence-electron chi connectivity index (χ4n) is 4.86. The first-order chi connectivity index (χ1) is 16.3. The Kier molecular flexibility index (Phi) is 10.5. The van der Waals surface area contributed by atoms with Crippen LogP contribution in [0.4, 0.5) is 4.79 Å². The summed E-state index contributed by atoms with van der Waals surface area (Å²) in [7, 11) is 4.12. The second-order valence-corrected chi connectivity index (χ2v) is 11.6. The number of carbonyl (C=O) groups is 5. The van der Waals surface area contributed by atoms with Crippen molar-refractivity contribution in [1.29, 1.82) is 0 Å². The van der Waals surface area contributed by atoms with Crippen molar-refractivity contribution in [2.24, 2.45) is 23.2 Å². The predicted octanol–water partition coefficient (Wildman–Crippen LogP) is 1.51. The van der Waals surface area contributed by atoms with Gasteiger partial charge in [0.25, 0.3) is 5.91 Å². The van der Waals surface area contributed by atoms with Gasteiger partial charge in [0.05, 0.1) is 6.04 Å². The summed E-state index contributed by atoms with van der Waals surface area (Å²) in [6, 6.07) is -3.12. The Morgan fingerprint density at radius 2 is 1.60 bits per heavy atom. The zero-order valence-corrected chi connectivity index (χ0v) is 23.7. The second kappa shape index (κ2) is 12.4. The highest BCUT2D eigenvalue weighted by Gasteiger charge is 2.47. The third-order valence-electron chi connectivity index (χ3n) is 7.15. The average molecular weight is 530 g/mol. The standard InChI is InChI=1S/C23H41N5O5P2/c1-12(2)14-9-10-28(21(32)18(23(3,4)5)25-22(33)27-35)16(14)19(30)24-15(11-13-7-6-8-13)17(29)20(31)26-34/h12-16,18H,6-11,34-35H2,1-5H3,(H,24,30)(H,26,31)(H2,25,27,33)/t14-,15?,16?,18-/m1/s1. The number of likely N-dealkylation sites (tertiary alicyclic amines) is 1. The highest BCUT2D eigenvalue weighted by molar-refractivity contribution is 7.15. The van der Waals surface area contributed by atoms with E-state index in [2.05, 4.69) is 30.2 Å². The summed E-state index contributed by atoms with van der Waals surface area (Å²) in [6.07, 6.45) is 4.02.